The van der Waals surface area contributed by atoms with Crippen molar-refractivity contribution >= 4 is 39.0 Å². The zero-order valence-electron chi connectivity index (χ0n) is 7.92. The van der Waals surface area contributed by atoms with Crippen LogP contribution in [0.1, 0.15) is 0 Å². The van der Waals surface area contributed by atoms with E-state index in [1.54, 1.807) is 24.3 Å². The lowest BCUT2D eigenvalue weighted by Gasteiger charge is -2.05. The lowest BCUT2D eigenvalue weighted by Crippen LogP contribution is -1.95. The summed E-state index contributed by atoms with van der Waals surface area (Å²) >= 11 is 8.67. The Balaban J connectivity index is 2.20. The van der Waals surface area contributed by atoms with Crippen LogP contribution in [0.4, 0.5) is 15.9 Å². The van der Waals surface area contributed by atoms with Crippen molar-refractivity contribution in [2.45, 2.75) is 0 Å². The topological polar surface area (TPSA) is 37.8 Å². The van der Waals surface area contributed by atoms with Crippen LogP contribution in [0.2, 0.25) is 5.15 Å². The molecule has 0 fully saturated rings. The number of nitrogens with zero attached hydrogens (tertiary/aromatic N) is 2. The first-order chi connectivity index (χ1) is 7.65. The molecule has 0 spiro atoms. The number of hydrogen-bond acceptors (Lipinski definition) is 3. The molecule has 0 saturated carbocycles. The number of rotatable bonds is 2. The lowest BCUT2D eigenvalue weighted by atomic mass is 10.3. The second-order valence-corrected chi connectivity index (χ2v) is 4.24. The minimum Gasteiger partial charge on any atom is -0.339 e. The number of benzene rings is 1. The number of hydrogen-bond donors (Lipinski definition) is 1. The SMILES string of the molecule is Fc1cc(Nc2ccc(Cl)nn2)ccc1Br. The molecule has 3 nitrogen and oxygen atoms in total. The first-order valence-electron chi connectivity index (χ1n) is 4.36. The maximum Gasteiger partial charge on any atom is 0.153 e. The van der Waals surface area contributed by atoms with Gasteiger partial charge >= 0.3 is 0 Å². The summed E-state index contributed by atoms with van der Waals surface area (Å²) in [4.78, 5) is 0. The van der Waals surface area contributed by atoms with Gasteiger partial charge in [-0.1, -0.05) is 11.6 Å². The van der Waals surface area contributed by atoms with Gasteiger partial charge < -0.3 is 5.32 Å². The maximum absolute atomic E-state index is 13.2. The Labute approximate surface area is 105 Å². The van der Waals surface area contributed by atoms with Crippen molar-refractivity contribution in [2.24, 2.45) is 0 Å². The van der Waals surface area contributed by atoms with E-state index in [0.29, 0.717) is 21.1 Å². The molecule has 1 aromatic heterocycles. The fourth-order valence-electron chi connectivity index (χ4n) is 1.10. The molecule has 0 unspecified atom stereocenters. The minimum absolute atomic E-state index is 0.313. The molecule has 1 aromatic carbocycles. The number of aromatic nitrogens is 2. The molecule has 0 amide bonds. The molecule has 0 saturated heterocycles. The van der Waals surface area contributed by atoms with Gasteiger partial charge in [0.2, 0.25) is 0 Å². The molecule has 16 heavy (non-hydrogen) atoms. The van der Waals surface area contributed by atoms with Gasteiger partial charge in [-0.2, -0.15) is 0 Å². The summed E-state index contributed by atoms with van der Waals surface area (Å²) in [5.74, 6) is 0.165. The third-order valence-electron chi connectivity index (χ3n) is 1.82. The van der Waals surface area contributed by atoms with E-state index in [-0.39, 0.29) is 5.82 Å². The third-order valence-corrected chi connectivity index (χ3v) is 2.67. The Morgan fingerprint density at radius 2 is 2.00 bits per heavy atom. The summed E-state index contributed by atoms with van der Waals surface area (Å²) in [7, 11) is 0. The van der Waals surface area contributed by atoms with Crippen molar-refractivity contribution in [3.63, 3.8) is 0 Å². The second kappa shape index (κ2) is 4.76. The monoisotopic (exact) mass is 301 g/mol. The van der Waals surface area contributed by atoms with Crippen molar-refractivity contribution in [2.75, 3.05) is 5.32 Å². The van der Waals surface area contributed by atoms with E-state index in [2.05, 4.69) is 31.4 Å². The van der Waals surface area contributed by atoms with Crippen LogP contribution < -0.4 is 5.32 Å². The molecule has 1 N–H and O–H groups in total. The highest BCUT2D eigenvalue weighted by Crippen LogP contribution is 2.21. The van der Waals surface area contributed by atoms with Crippen LogP contribution >= 0.6 is 27.5 Å². The summed E-state index contributed by atoms with van der Waals surface area (Å²) in [6.07, 6.45) is 0. The molecule has 6 heteroatoms. The highest BCUT2D eigenvalue weighted by Gasteiger charge is 2.01. The Kier molecular flexibility index (Phi) is 3.36. The Bertz CT molecular complexity index is 504. The van der Waals surface area contributed by atoms with Crippen molar-refractivity contribution in [1.29, 1.82) is 0 Å². The van der Waals surface area contributed by atoms with Gasteiger partial charge in [-0.15, -0.1) is 10.2 Å². The van der Waals surface area contributed by atoms with Crippen LogP contribution in [0.25, 0.3) is 0 Å². The third kappa shape index (κ3) is 2.68. The van der Waals surface area contributed by atoms with E-state index in [9.17, 15) is 4.39 Å². The van der Waals surface area contributed by atoms with Crippen LogP contribution in [0, 0.1) is 5.82 Å². The zero-order chi connectivity index (χ0) is 11.5. The van der Waals surface area contributed by atoms with E-state index in [1.165, 1.54) is 6.07 Å². The van der Waals surface area contributed by atoms with E-state index in [1.807, 2.05) is 0 Å². The molecule has 1 heterocycles. The molecular weight excluding hydrogens is 296 g/mol. The fraction of sp³-hybridized carbons (Fsp3) is 0. The Morgan fingerprint density at radius 3 is 2.62 bits per heavy atom. The Morgan fingerprint density at radius 1 is 1.19 bits per heavy atom. The van der Waals surface area contributed by atoms with Gasteiger partial charge in [0.1, 0.15) is 5.82 Å². The summed E-state index contributed by atoms with van der Waals surface area (Å²) in [5, 5.41) is 10.7. The van der Waals surface area contributed by atoms with Gasteiger partial charge in [-0.05, 0) is 46.3 Å². The predicted molar refractivity (Wildman–Crippen MR) is 64.4 cm³/mol. The van der Waals surface area contributed by atoms with Gasteiger partial charge in [0.15, 0.2) is 11.0 Å². The number of anilines is 2. The normalized spacial score (nSPS) is 10.2. The lowest BCUT2D eigenvalue weighted by molar-refractivity contribution is 0.622. The van der Waals surface area contributed by atoms with Crippen LogP contribution in [0.3, 0.4) is 0 Å². The van der Waals surface area contributed by atoms with Crippen molar-refractivity contribution in [3.05, 3.63) is 45.8 Å². The summed E-state index contributed by atoms with van der Waals surface area (Å²) in [6.45, 7) is 0. The quantitative estimate of drug-likeness (QED) is 0.917. The number of nitrogens with one attached hydrogen (secondary N) is 1. The van der Waals surface area contributed by atoms with Gasteiger partial charge in [-0.3, -0.25) is 0 Å². The van der Waals surface area contributed by atoms with Gasteiger partial charge in [-0.25, -0.2) is 4.39 Å². The molecule has 0 radical (unpaired) electrons. The fourth-order valence-corrected chi connectivity index (χ4v) is 1.45. The molecule has 0 atom stereocenters. The summed E-state index contributed by atoms with van der Waals surface area (Å²) in [5.41, 5.74) is 0.595. The van der Waals surface area contributed by atoms with Crippen LogP contribution in [0.15, 0.2) is 34.8 Å². The van der Waals surface area contributed by atoms with Gasteiger partial charge in [0.05, 0.1) is 4.47 Å². The first-order valence-corrected chi connectivity index (χ1v) is 5.53. The molecule has 0 aliphatic rings. The van der Waals surface area contributed by atoms with Gasteiger partial charge in [0, 0.05) is 5.69 Å². The average molecular weight is 303 g/mol. The molecule has 82 valence electrons. The van der Waals surface area contributed by atoms with E-state index in [0.717, 1.165) is 0 Å². The largest absolute Gasteiger partial charge is 0.339 e. The highest BCUT2D eigenvalue weighted by molar-refractivity contribution is 9.10. The maximum atomic E-state index is 13.2. The van der Waals surface area contributed by atoms with E-state index < -0.39 is 0 Å². The van der Waals surface area contributed by atoms with E-state index in [4.69, 9.17) is 11.6 Å². The Hall–Kier alpha value is -1.20. The van der Waals surface area contributed by atoms with Crippen molar-refractivity contribution in [1.82, 2.24) is 10.2 Å². The highest BCUT2D eigenvalue weighted by atomic mass is 79.9. The second-order valence-electron chi connectivity index (χ2n) is 3.00. The zero-order valence-corrected chi connectivity index (χ0v) is 10.3. The first kappa shape index (κ1) is 11.3. The molecule has 2 aromatic rings. The molecule has 2 rings (SSSR count). The predicted octanol–water partition coefficient (Wildman–Crippen LogP) is 3.78. The molecular formula is C10H6BrClFN3. The van der Waals surface area contributed by atoms with Crippen LogP contribution in [-0.2, 0) is 0 Å². The molecule has 0 aliphatic heterocycles. The van der Waals surface area contributed by atoms with Gasteiger partial charge in [0.25, 0.3) is 0 Å². The molecule has 0 aliphatic carbocycles. The van der Waals surface area contributed by atoms with E-state index >= 15 is 0 Å². The van der Waals surface area contributed by atoms with Crippen molar-refractivity contribution in [3.8, 4) is 0 Å². The summed E-state index contributed by atoms with van der Waals surface area (Å²) < 4.78 is 13.6. The number of halogens is 3. The molecule has 0 bridgehead atoms. The average Bonchev–Trinajstić information content (AvgIpc) is 2.27. The van der Waals surface area contributed by atoms with Crippen molar-refractivity contribution < 1.29 is 4.39 Å². The summed E-state index contributed by atoms with van der Waals surface area (Å²) in [6, 6.07) is 7.96. The smallest absolute Gasteiger partial charge is 0.153 e. The van der Waals surface area contributed by atoms with Crippen LogP contribution in [-0.4, -0.2) is 10.2 Å². The standard InChI is InChI=1S/C10H6BrClFN3/c11-7-2-1-6(5-8(7)13)14-10-4-3-9(12)15-16-10/h1-5H,(H,14,16). The minimum atomic E-state index is -0.341. The van der Waals surface area contributed by atoms with Crippen LogP contribution in [0.5, 0.6) is 0 Å².